The molecule has 0 aliphatic carbocycles. The first-order valence-electron chi connectivity index (χ1n) is 4.25. The van der Waals surface area contributed by atoms with Gasteiger partial charge < -0.3 is 10.1 Å². The van der Waals surface area contributed by atoms with E-state index < -0.39 is 5.97 Å². The van der Waals surface area contributed by atoms with Crippen molar-refractivity contribution in [3.8, 4) is 0 Å². The van der Waals surface area contributed by atoms with Gasteiger partial charge in [-0.2, -0.15) is 0 Å². The fourth-order valence-electron chi connectivity index (χ4n) is 1.52. The Balaban J connectivity index is 0.00000128. The zero-order valence-corrected chi connectivity index (χ0v) is 9.89. The number of rotatable bonds is 2. The summed E-state index contributed by atoms with van der Waals surface area (Å²) in [5.41, 5.74) is 1.54. The third-order valence-corrected chi connectivity index (χ3v) is 3.44. The molecular weight excluding hydrogens is 304 g/mol. The van der Waals surface area contributed by atoms with E-state index in [-0.39, 0.29) is 36.0 Å². The SMILES string of the molecule is O=C(O)Cc1c[nH]c2ccc(Br)c(Cl)c12.[NaH]. The molecule has 2 aromatic rings. The van der Waals surface area contributed by atoms with Crippen LogP contribution in [0.4, 0.5) is 0 Å². The van der Waals surface area contributed by atoms with Crippen LogP contribution in [0.2, 0.25) is 5.02 Å². The molecule has 80 valence electrons. The summed E-state index contributed by atoms with van der Waals surface area (Å²) in [6.45, 7) is 0. The quantitative estimate of drug-likeness (QED) is 0.837. The summed E-state index contributed by atoms with van der Waals surface area (Å²) < 4.78 is 0.767. The van der Waals surface area contributed by atoms with E-state index in [1.165, 1.54) is 0 Å². The number of carboxylic acids is 1. The molecule has 0 amide bonds. The van der Waals surface area contributed by atoms with E-state index in [4.69, 9.17) is 16.7 Å². The standard InChI is InChI=1S/C10H7BrClNO2.Na.H/c11-6-1-2-7-9(10(6)12)5(4-13-7)3-8(14)15;;/h1-2,4,13H,3H2,(H,14,15);;. The fraction of sp³-hybridized carbons (Fsp3) is 0.100. The minimum absolute atomic E-state index is 0. The predicted molar refractivity (Wildman–Crippen MR) is 69.5 cm³/mol. The Kier molecular flexibility index (Phi) is 4.88. The Bertz CT molecular complexity index is 541. The summed E-state index contributed by atoms with van der Waals surface area (Å²) in [6.07, 6.45) is 1.65. The molecule has 1 aromatic heterocycles. The molecule has 1 heterocycles. The Hall–Kier alpha value is 0.000000000000000333. The van der Waals surface area contributed by atoms with Crippen molar-refractivity contribution < 1.29 is 9.90 Å². The van der Waals surface area contributed by atoms with E-state index in [0.29, 0.717) is 10.6 Å². The Morgan fingerprint density at radius 1 is 1.50 bits per heavy atom. The van der Waals surface area contributed by atoms with Crippen LogP contribution < -0.4 is 0 Å². The first kappa shape index (κ1) is 14.1. The van der Waals surface area contributed by atoms with Gasteiger partial charge in [0.2, 0.25) is 0 Å². The van der Waals surface area contributed by atoms with Crippen LogP contribution in [-0.2, 0) is 11.2 Å². The van der Waals surface area contributed by atoms with Gasteiger partial charge in [-0.05, 0) is 33.6 Å². The number of hydrogen-bond donors (Lipinski definition) is 2. The zero-order valence-electron chi connectivity index (χ0n) is 7.55. The number of halogens is 2. The molecular formula is C10H8BrClNNaO2. The molecule has 6 heteroatoms. The van der Waals surface area contributed by atoms with E-state index in [9.17, 15) is 4.79 Å². The average Bonchev–Trinajstić information content (AvgIpc) is 2.55. The summed E-state index contributed by atoms with van der Waals surface area (Å²) in [5, 5.41) is 10.1. The average molecular weight is 313 g/mol. The molecule has 1 aromatic carbocycles. The first-order valence-corrected chi connectivity index (χ1v) is 5.42. The van der Waals surface area contributed by atoms with Gasteiger partial charge in [-0.15, -0.1) is 0 Å². The summed E-state index contributed by atoms with van der Waals surface area (Å²) in [4.78, 5) is 13.6. The number of carbonyl (C=O) groups is 1. The van der Waals surface area contributed by atoms with E-state index in [0.717, 1.165) is 15.4 Å². The van der Waals surface area contributed by atoms with Gasteiger partial charge in [0.1, 0.15) is 0 Å². The Morgan fingerprint density at radius 2 is 2.19 bits per heavy atom. The van der Waals surface area contributed by atoms with Crippen LogP contribution in [0.5, 0.6) is 0 Å². The van der Waals surface area contributed by atoms with Crippen molar-refractivity contribution in [2.45, 2.75) is 6.42 Å². The number of nitrogens with one attached hydrogen (secondary N) is 1. The number of benzene rings is 1. The molecule has 0 aliphatic heterocycles. The van der Waals surface area contributed by atoms with Crippen LogP contribution in [0, 0.1) is 0 Å². The monoisotopic (exact) mass is 311 g/mol. The van der Waals surface area contributed by atoms with Gasteiger partial charge in [0.05, 0.1) is 11.4 Å². The molecule has 0 aliphatic rings. The molecule has 0 atom stereocenters. The number of hydrogen-bond acceptors (Lipinski definition) is 1. The number of aromatic amines is 1. The van der Waals surface area contributed by atoms with Gasteiger partial charge in [0.15, 0.2) is 0 Å². The molecule has 2 rings (SSSR count). The second-order valence-electron chi connectivity index (χ2n) is 3.17. The third kappa shape index (κ3) is 2.63. The van der Waals surface area contributed by atoms with Gasteiger partial charge in [-0.25, -0.2) is 0 Å². The molecule has 0 fully saturated rings. The van der Waals surface area contributed by atoms with Gasteiger partial charge in [0, 0.05) is 21.6 Å². The van der Waals surface area contributed by atoms with Crippen molar-refractivity contribution in [1.82, 2.24) is 4.98 Å². The molecule has 0 unspecified atom stereocenters. The molecule has 0 saturated heterocycles. The van der Waals surface area contributed by atoms with E-state index >= 15 is 0 Å². The third-order valence-electron chi connectivity index (χ3n) is 2.16. The maximum absolute atomic E-state index is 10.6. The summed E-state index contributed by atoms with van der Waals surface area (Å²) in [7, 11) is 0. The molecule has 0 spiro atoms. The molecule has 0 saturated carbocycles. The molecule has 0 radical (unpaired) electrons. The molecule has 3 nitrogen and oxygen atoms in total. The second kappa shape index (κ2) is 5.56. The topological polar surface area (TPSA) is 53.1 Å². The van der Waals surface area contributed by atoms with Crippen LogP contribution in [0.15, 0.2) is 22.8 Å². The van der Waals surface area contributed by atoms with Crippen LogP contribution in [0.25, 0.3) is 10.9 Å². The molecule has 2 N–H and O–H groups in total. The maximum atomic E-state index is 10.6. The van der Waals surface area contributed by atoms with Gasteiger partial charge in [-0.1, -0.05) is 11.6 Å². The van der Waals surface area contributed by atoms with Crippen molar-refractivity contribution in [3.05, 3.63) is 33.4 Å². The number of aliphatic carboxylic acids is 1. The number of aromatic nitrogens is 1. The second-order valence-corrected chi connectivity index (χ2v) is 4.40. The van der Waals surface area contributed by atoms with Crippen molar-refractivity contribution in [1.29, 1.82) is 0 Å². The van der Waals surface area contributed by atoms with E-state index in [1.807, 2.05) is 12.1 Å². The minimum atomic E-state index is -0.869. The Morgan fingerprint density at radius 3 is 2.81 bits per heavy atom. The van der Waals surface area contributed by atoms with E-state index in [2.05, 4.69) is 20.9 Å². The number of H-pyrrole nitrogens is 1. The van der Waals surface area contributed by atoms with Crippen molar-refractivity contribution in [2.75, 3.05) is 0 Å². The fourth-order valence-corrected chi connectivity index (χ4v) is 2.14. The Labute approximate surface area is 128 Å². The number of fused-ring (bicyclic) bond motifs is 1. The summed E-state index contributed by atoms with van der Waals surface area (Å²) >= 11 is 9.40. The van der Waals surface area contributed by atoms with Crippen LogP contribution >= 0.6 is 27.5 Å². The van der Waals surface area contributed by atoms with Gasteiger partial charge in [-0.3, -0.25) is 4.79 Å². The van der Waals surface area contributed by atoms with Crippen LogP contribution in [0.1, 0.15) is 5.56 Å². The molecule has 16 heavy (non-hydrogen) atoms. The van der Waals surface area contributed by atoms with Crippen molar-refractivity contribution in [3.63, 3.8) is 0 Å². The zero-order chi connectivity index (χ0) is 11.0. The number of carboxylic acid groups (broad SMARTS) is 1. The summed E-state index contributed by atoms with van der Waals surface area (Å²) in [5.74, 6) is -0.869. The first-order chi connectivity index (χ1) is 7.09. The molecule has 0 bridgehead atoms. The van der Waals surface area contributed by atoms with Gasteiger partial charge in [0.25, 0.3) is 0 Å². The summed E-state index contributed by atoms with van der Waals surface area (Å²) in [6, 6.07) is 3.68. The van der Waals surface area contributed by atoms with Crippen molar-refractivity contribution >= 4 is 74.0 Å². The van der Waals surface area contributed by atoms with Gasteiger partial charge >= 0.3 is 35.5 Å². The van der Waals surface area contributed by atoms with E-state index in [1.54, 1.807) is 6.20 Å². The van der Waals surface area contributed by atoms with Crippen molar-refractivity contribution in [2.24, 2.45) is 0 Å². The predicted octanol–water partition coefficient (Wildman–Crippen LogP) is 2.56. The van der Waals surface area contributed by atoms with Crippen LogP contribution in [0.3, 0.4) is 0 Å². The normalized spacial score (nSPS) is 10.1. The van der Waals surface area contributed by atoms with Crippen LogP contribution in [-0.4, -0.2) is 45.6 Å².